The van der Waals surface area contributed by atoms with Crippen LogP contribution < -0.4 is 0 Å². The molecule has 0 radical (unpaired) electrons. The number of hydrogen-bond donors (Lipinski definition) is 0. The van der Waals surface area contributed by atoms with Crippen molar-refractivity contribution in [3.63, 3.8) is 0 Å². The highest BCUT2D eigenvalue weighted by atomic mass is 35.5. The second-order valence-corrected chi connectivity index (χ2v) is 10.1. The van der Waals surface area contributed by atoms with E-state index >= 15 is 0 Å². The summed E-state index contributed by atoms with van der Waals surface area (Å²) in [6.45, 7) is 3.21. The van der Waals surface area contributed by atoms with Crippen molar-refractivity contribution in [2.75, 3.05) is 18.8 Å². The fraction of sp³-hybridized carbons (Fsp3) is 0.458. The van der Waals surface area contributed by atoms with E-state index in [0.717, 1.165) is 24.7 Å². The third-order valence-corrected chi connectivity index (χ3v) is 8.21. The third kappa shape index (κ3) is 3.95. The topological polar surface area (TPSA) is 23.6 Å². The van der Waals surface area contributed by atoms with E-state index in [4.69, 9.17) is 11.6 Å². The molecule has 2 aliphatic heterocycles. The lowest BCUT2D eigenvalue weighted by atomic mass is 9.72. The number of amides is 1. The number of piperidine rings is 1. The fourth-order valence-corrected chi connectivity index (χ4v) is 6.92. The zero-order valence-corrected chi connectivity index (χ0v) is 18.1. The van der Waals surface area contributed by atoms with Crippen LogP contribution in [0.4, 0.5) is 0 Å². The van der Waals surface area contributed by atoms with Crippen LogP contribution in [0.3, 0.4) is 0 Å². The molecule has 5 heteroatoms. The van der Waals surface area contributed by atoms with Gasteiger partial charge >= 0.3 is 0 Å². The summed E-state index contributed by atoms with van der Waals surface area (Å²) < 4.78 is 0. The van der Waals surface area contributed by atoms with E-state index in [2.05, 4.69) is 52.3 Å². The van der Waals surface area contributed by atoms with E-state index in [-0.39, 0.29) is 5.37 Å². The zero-order valence-electron chi connectivity index (χ0n) is 16.5. The number of halogens is 1. The molecule has 3 nitrogen and oxygen atoms in total. The van der Waals surface area contributed by atoms with Crippen LogP contribution in [0.15, 0.2) is 54.6 Å². The molecular weight excluding hydrogens is 400 g/mol. The highest BCUT2D eigenvalue weighted by molar-refractivity contribution is 8.00. The van der Waals surface area contributed by atoms with Gasteiger partial charge in [0.25, 0.3) is 0 Å². The first-order valence-corrected chi connectivity index (χ1v) is 12.1. The van der Waals surface area contributed by atoms with Gasteiger partial charge in [0.1, 0.15) is 5.37 Å². The molecule has 3 fully saturated rings. The van der Waals surface area contributed by atoms with E-state index < -0.39 is 0 Å². The Balaban J connectivity index is 1.37. The van der Waals surface area contributed by atoms with Gasteiger partial charge in [-0.25, -0.2) is 0 Å². The maximum absolute atomic E-state index is 13.0. The van der Waals surface area contributed by atoms with Crippen LogP contribution in [0.1, 0.15) is 35.8 Å². The first kappa shape index (κ1) is 19.5. The van der Waals surface area contributed by atoms with Crippen molar-refractivity contribution in [3.8, 4) is 0 Å². The second-order valence-electron chi connectivity index (χ2n) is 8.64. The number of likely N-dealkylation sites (tertiary alicyclic amines) is 1. The quantitative estimate of drug-likeness (QED) is 0.670. The van der Waals surface area contributed by atoms with Crippen molar-refractivity contribution in [3.05, 3.63) is 70.7 Å². The maximum atomic E-state index is 13.0. The Morgan fingerprint density at radius 3 is 2.34 bits per heavy atom. The fourth-order valence-electron chi connectivity index (χ4n) is 5.57. The van der Waals surface area contributed by atoms with E-state index in [1.165, 1.54) is 30.4 Å². The predicted octanol–water partition coefficient (Wildman–Crippen LogP) is 5.21. The van der Waals surface area contributed by atoms with Crippen molar-refractivity contribution in [1.82, 2.24) is 9.80 Å². The largest absolute Gasteiger partial charge is 0.322 e. The normalized spacial score (nSPS) is 30.0. The molecular formula is C24H27ClN2OS. The van der Waals surface area contributed by atoms with Crippen LogP contribution in [-0.2, 0) is 11.3 Å². The van der Waals surface area contributed by atoms with Gasteiger partial charge in [0, 0.05) is 30.7 Å². The van der Waals surface area contributed by atoms with Crippen molar-refractivity contribution < 1.29 is 4.79 Å². The van der Waals surface area contributed by atoms with Crippen LogP contribution in [0, 0.1) is 11.8 Å². The van der Waals surface area contributed by atoms with Crippen molar-refractivity contribution in [2.24, 2.45) is 11.8 Å². The number of carbonyl (C=O) groups excluding carboxylic acids is 1. The maximum Gasteiger partial charge on any atom is 0.234 e. The molecule has 29 heavy (non-hydrogen) atoms. The Labute approximate surface area is 182 Å². The number of carbonyl (C=O) groups is 1. The Bertz CT molecular complexity index is 845. The molecule has 0 N–H and O–H groups in total. The number of nitrogens with zero attached hydrogens (tertiary/aromatic N) is 2. The Morgan fingerprint density at radius 1 is 0.966 bits per heavy atom. The molecule has 2 aromatic carbocycles. The average molecular weight is 427 g/mol. The molecule has 3 unspecified atom stereocenters. The SMILES string of the molecule is O=C1CSC(c2ccc(Cl)cc2)N1C1C2CCCC1CN(Cc1ccccc1)C2. The monoisotopic (exact) mass is 426 g/mol. The molecule has 2 aromatic rings. The lowest BCUT2D eigenvalue weighted by Crippen LogP contribution is -2.58. The zero-order chi connectivity index (χ0) is 19.8. The van der Waals surface area contributed by atoms with Gasteiger partial charge in [0.2, 0.25) is 5.91 Å². The number of fused-ring (bicyclic) bond motifs is 2. The molecule has 2 heterocycles. The molecule has 1 amide bonds. The predicted molar refractivity (Wildman–Crippen MR) is 120 cm³/mol. The van der Waals surface area contributed by atoms with Crippen LogP contribution in [0.2, 0.25) is 5.02 Å². The van der Waals surface area contributed by atoms with Crippen LogP contribution >= 0.6 is 23.4 Å². The minimum absolute atomic E-state index is 0.133. The molecule has 2 saturated heterocycles. The van der Waals surface area contributed by atoms with Gasteiger partial charge in [-0.3, -0.25) is 9.69 Å². The second kappa shape index (κ2) is 8.33. The lowest BCUT2D eigenvalue weighted by molar-refractivity contribution is -0.137. The first-order chi connectivity index (χ1) is 14.2. The van der Waals surface area contributed by atoms with E-state index in [1.807, 2.05) is 12.1 Å². The number of rotatable bonds is 4. The summed E-state index contributed by atoms with van der Waals surface area (Å²) >= 11 is 7.87. The molecule has 1 aliphatic carbocycles. The summed E-state index contributed by atoms with van der Waals surface area (Å²) in [5.74, 6) is 2.05. The van der Waals surface area contributed by atoms with Gasteiger partial charge < -0.3 is 4.90 Å². The van der Waals surface area contributed by atoms with Crippen molar-refractivity contribution >= 4 is 29.3 Å². The molecule has 3 aliphatic rings. The first-order valence-electron chi connectivity index (χ1n) is 10.6. The number of thioether (sulfide) groups is 1. The van der Waals surface area contributed by atoms with Gasteiger partial charge in [-0.05, 0) is 47.9 Å². The van der Waals surface area contributed by atoms with Gasteiger partial charge in [0.15, 0.2) is 0 Å². The van der Waals surface area contributed by atoms with E-state index in [9.17, 15) is 4.79 Å². The molecule has 3 atom stereocenters. The smallest absolute Gasteiger partial charge is 0.234 e. The van der Waals surface area contributed by atoms with Crippen molar-refractivity contribution in [1.29, 1.82) is 0 Å². The summed E-state index contributed by atoms with van der Waals surface area (Å²) in [7, 11) is 0. The number of benzene rings is 2. The van der Waals surface area contributed by atoms with Gasteiger partial charge in [-0.15, -0.1) is 11.8 Å². The molecule has 5 rings (SSSR count). The summed E-state index contributed by atoms with van der Waals surface area (Å²) in [6, 6.07) is 19.2. The lowest BCUT2D eigenvalue weighted by Gasteiger charge is -2.51. The Morgan fingerprint density at radius 2 is 1.66 bits per heavy atom. The summed E-state index contributed by atoms with van der Waals surface area (Å²) in [5, 5.41) is 0.884. The molecule has 2 bridgehead atoms. The van der Waals surface area contributed by atoms with Gasteiger partial charge in [-0.2, -0.15) is 0 Å². The van der Waals surface area contributed by atoms with Crippen LogP contribution in [-0.4, -0.2) is 40.6 Å². The highest BCUT2D eigenvalue weighted by Crippen LogP contribution is 2.47. The minimum Gasteiger partial charge on any atom is -0.322 e. The van der Waals surface area contributed by atoms with E-state index in [0.29, 0.717) is 29.5 Å². The Kier molecular flexibility index (Phi) is 5.59. The molecule has 0 aromatic heterocycles. The molecule has 152 valence electrons. The summed E-state index contributed by atoms with van der Waals surface area (Å²) in [6.07, 6.45) is 3.76. The van der Waals surface area contributed by atoms with Crippen molar-refractivity contribution in [2.45, 2.75) is 37.2 Å². The highest BCUT2D eigenvalue weighted by Gasteiger charge is 2.48. The standard InChI is InChI=1S/C24H27ClN2OS/c25-21-11-9-18(10-12-21)24-27(22(28)16-29-24)23-19-7-4-8-20(23)15-26(14-19)13-17-5-2-1-3-6-17/h1-3,5-6,9-12,19-20,23-24H,4,7-8,13-16H2. The number of hydrogen-bond acceptors (Lipinski definition) is 3. The minimum atomic E-state index is 0.133. The molecule has 0 spiro atoms. The van der Waals surface area contributed by atoms with Crippen LogP contribution in [0.25, 0.3) is 0 Å². The summed E-state index contributed by atoms with van der Waals surface area (Å²) in [5.41, 5.74) is 2.59. The van der Waals surface area contributed by atoms with Gasteiger partial charge in [0.05, 0.1) is 5.75 Å². The average Bonchev–Trinajstić information content (AvgIpc) is 3.10. The summed E-state index contributed by atoms with van der Waals surface area (Å²) in [4.78, 5) is 17.9. The van der Waals surface area contributed by atoms with Gasteiger partial charge in [-0.1, -0.05) is 60.5 Å². The van der Waals surface area contributed by atoms with E-state index in [1.54, 1.807) is 11.8 Å². The third-order valence-electron chi connectivity index (χ3n) is 6.73. The molecule has 1 saturated carbocycles. The Hall–Kier alpha value is -1.49. The van der Waals surface area contributed by atoms with Crippen LogP contribution in [0.5, 0.6) is 0 Å².